The average Bonchev–Trinajstić information content (AvgIpc) is 2.71. The highest BCUT2D eigenvalue weighted by atomic mass is 32.2. The van der Waals surface area contributed by atoms with E-state index in [1.165, 1.54) is 30.3 Å². The number of carbonyl (C=O) groups is 1. The van der Waals surface area contributed by atoms with Crippen molar-refractivity contribution in [3.63, 3.8) is 0 Å². The van der Waals surface area contributed by atoms with Crippen molar-refractivity contribution in [1.29, 1.82) is 0 Å². The maximum absolute atomic E-state index is 13.5. The lowest BCUT2D eigenvalue weighted by Gasteiger charge is -2.33. The van der Waals surface area contributed by atoms with Crippen molar-refractivity contribution in [3.05, 3.63) is 59.4 Å². The van der Waals surface area contributed by atoms with Crippen molar-refractivity contribution in [2.45, 2.75) is 63.6 Å². The van der Waals surface area contributed by atoms with Crippen molar-refractivity contribution in [3.8, 4) is 5.75 Å². The summed E-state index contributed by atoms with van der Waals surface area (Å²) in [5.41, 5.74) is 0.575. The molecule has 1 unspecified atom stereocenters. The minimum absolute atomic E-state index is 0.0267. The van der Waals surface area contributed by atoms with Gasteiger partial charge in [0.05, 0.1) is 10.3 Å². The van der Waals surface area contributed by atoms with Crippen LogP contribution in [0.4, 0.5) is 4.39 Å². The Balaban J connectivity index is 1.85. The molecule has 0 amide bonds. The molecule has 6 nitrogen and oxygen atoms in total. The zero-order valence-electron chi connectivity index (χ0n) is 17.8. The molecule has 0 fully saturated rings. The Morgan fingerprint density at radius 1 is 1.26 bits per heavy atom. The summed E-state index contributed by atoms with van der Waals surface area (Å²) in [5.74, 6) is -0.853. The van der Waals surface area contributed by atoms with E-state index in [0.717, 1.165) is 5.56 Å². The SMILES string of the molecule is Cc1ccc(S(=O)(=O)O[C@@H](CCC(C)(C)C(=O)O)C2CCc3cc(F)ccc3O2)cc1. The lowest BCUT2D eigenvalue weighted by molar-refractivity contribution is -0.147. The van der Waals surface area contributed by atoms with E-state index in [9.17, 15) is 22.7 Å². The molecular weight excluding hydrogens is 423 g/mol. The lowest BCUT2D eigenvalue weighted by atomic mass is 9.85. The zero-order valence-corrected chi connectivity index (χ0v) is 18.6. The number of rotatable bonds is 8. The van der Waals surface area contributed by atoms with E-state index in [4.69, 9.17) is 8.92 Å². The molecule has 1 aliphatic rings. The van der Waals surface area contributed by atoms with Crippen LogP contribution in [0.25, 0.3) is 0 Å². The number of carboxylic acid groups (broad SMARTS) is 1. The third-order valence-corrected chi connectivity index (χ3v) is 6.96. The van der Waals surface area contributed by atoms with E-state index < -0.39 is 33.7 Å². The first-order valence-corrected chi connectivity index (χ1v) is 11.6. The third-order valence-electron chi connectivity index (χ3n) is 5.61. The fourth-order valence-electron chi connectivity index (χ4n) is 3.47. The van der Waals surface area contributed by atoms with Crippen LogP contribution in [0.2, 0.25) is 0 Å². The number of hydrogen-bond donors (Lipinski definition) is 1. The van der Waals surface area contributed by atoms with E-state index in [1.807, 2.05) is 6.92 Å². The van der Waals surface area contributed by atoms with Crippen LogP contribution < -0.4 is 4.74 Å². The van der Waals surface area contributed by atoms with E-state index in [-0.39, 0.29) is 23.6 Å². The van der Waals surface area contributed by atoms with Gasteiger partial charge < -0.3 is 9.84 Å². The summed E-state index contributed by atoms with van der Waals surface area (Å²) in [5, 5.41) is 9.43. The molecule has 1 N–H and O–H groups in total. The van der Waals surface area contributed by atoms with Gasteiger partial charge >= 0.3 is 5.97 Å². The molecule has 0 bridgehead atoms. The van der Waals surface area contributed by atoms with Crippen LogP contribution in [0.3, 0.4) is 0 Å². The molecule has 2 aromatic carbocycles. The van der Waals surface area contributed by atoms with E-state index in [2.05, 4.69) is 0 Å². The Kier molecular flexibility index (Phi) is 6.71. The molecule has 0 aromatic heterocycles. The molecule has 1 aliphatic heterocycles. The van der Waals surface area contributed by atoms with E-state index in [1.54, 1.807) is 26.0 Å². The van der Waals surface area contributed by atoms with Gasteiger partial charge in [-0.15, -0.1) is 0 Å². The van der Waals surface area contributed by atoms with Crippen LogP contribution in [0, 0.1) is 18.2 Å². The van der Waals surface area contributed by atoms with Gasteiger partial charge in [0.2, 0.25) is 0 Å². The van der Waals surface area contributed by atoms with Gasteiger partial charge in [0.25, 0.3) is 10.1 Å². The number of benzene rings is 2. The van der Waals surface area contributed by atoms with Gasteiger partial charge in [0.15, 0.2) is 0 Å². The molecule has 0 saturated heterocycles. The van der Waals surface area contributed by atoms with Crippen LogP contribution in [0.1, 0.15) is 44.2 Å². The topological polar surface area (TPSA) is 89.9 Å². The number of halogens is 1. The maximum atomic E-state index is 13.5. The molecule has 0 aliphatic carbocycles. The van der Waals surface area contributed by atoms with Crippen molar-refractivity contribution in [2.24, 2.45) is 5.41 Å². The van der Waals surface area contributed by atoms with Crippen LogP contribution >= 0.6 is 0 Å². The monoisotopic (exact) mass is 450 g/mol. The Morgan fingerprint density at radius 2 is 1.94 bits per heavy atom. The first kappa shape index (κ1) is 23.2. The summed E-state index contributed by atoms with van der Waals surface area (Å²) < 4.78 is 50.9. The molecule has 0 radical (unpaired) electrons. The van der Waals surface area contributed by atoms with Crippen LogP contribution in [0.5, 0.6) is 5.75 Å². The summed E-state index contributed by atoms with van der Waals surface area (Å²) >= 11 is 0. The second kappa shape index (κ2) is 8.96. The Hall–Kier alpha value is -2.45. The first-order chi connectivity index (χ1) is 14.5. The van der Waals surface area contributed by atoms with Crippen molar-refractivity contribution < 1.29 is 31.6 Å². The average molecular weight is 451 g/mol. The summed E-state index contributed by atoms with van der Waals surface area (Å²) in [6.45, 7) is 5.02. The summed E-state index contributed by atoms with van der Waals surface area (Å²) in [7, 11) is -4.09. The predicted molar refractivity (Wildman–Crippen MR) is 113 cm³/mol. The maximum Gasteiger partial charge on any atom is 0.309 e. The van der Waals surface area contributed by atoms with Crippen molar-refractivity contribution in [2.75, 3.05) is 0 Å². The highest BCUT2D eigenvalue weighted by Crippen LogP contribution is 2.34. The molecule has 8 heteroatoms. The van der Waals surface area contributed by atoms with Gasteiger partial charge in [-0.2, -0.15) is 8.42 Å². The molecule has 0 saturated carbocycles. The van der Waals surface area contributed by atoms with Gasteiger partial charge in [-0.05, 0) is 82.3 Å². The van der Waals surface area contributed by atoms with Gasteiger partial charge in [0.1, 0.15) is 23.8 Å². The Labute approximate surface area is 182 Å². The number of hydrogen-bond acceptors (Lipinski definition) is 5. The number of aryl methyl sites for hydroxylation is 2. The van der Waals surface area contributed by atoms with Gasteiger partial charge in [-0.1, -0.05) is 17.7 Å². The highest BCUT2D eigenvalue weighted by molar-refractivity contribution is 7.86. The largest absolute Gasteiger partial charge is 0.487 e. The van der Waals surface area contributed by atoms with Crippen LogP contribution in [-0.4, -0.2) is 31.7 Å². The predicted octanol–water partition coefficient (Wildman–Crippen LogP) is 4.49. The highest BCUT2D eigenvalue weighted by Gasteiger charge is 2.36. The van der Waals surface area contributed by atoms with Crippen LogP contribution in [-0.2, 0) is 25.5 Å². The Bertz CT molecular complexity index is 1050. The lowest BCUT2D eigenvalue weighted by Crippen LogP contribution is -2.39. The number of carboxylic acids is 1. The quantitative estimate of drug-likeness (QED) is 0.596. The first-order valence-electron chi connectivity index (χ1n) is 10.2. The molecular formula is C23H27FO6S. The molecule has 3 rings (SSSR count). The minimum Gasteiger partial charge on any atom is -0.487 e. The number of fused-ring (bicyclic) bond motifs is 1. The van der Waals surface area contributed by atoms with Gasteiger partial charge in [0, 0.05) is 0 Å². The molecule has 168 valence electrons. The third kappa shape index (κ3) is 5.62. The van der Waals surface area contributed by atoms with E-state index >= 15 is 0 Å². The zero-order chi connectivity index (χ0) is 22.8. The minimum atomic E-state index is -4.09. The summed E-state index contributed by atoms with van der Waals surface area (Å²) in [6.07, 6.45) is -0.188. The van der Waals surface area contributed by atoms with Gasteiger partial charge in [-0.25, -0.2) is 4.39 Å². The molecule has 31 heavy (non-hydrogen) atoms. The second-order valence-corrected chi connectivity index (χ2v) is 10.1. The van der Waals surface area contributed by atoms with Crippen molar-refractivity contribution in [1.82, 2.24) is 0 Å². The summed E-state index contributed by atoms with van der Waals surface area (Å²) in [4.78, 5) is 11.5. The summed E-state index contributed by atoms with van der Waals surface area (Å²) in [6, 6.07) is 10.5. The standard InChI is InChI=1S/C23H27FO6S/c1-15-4-8-18(9-5-15)31(27,28)30-21(12-13-23(2,3)22(25)26)20-10-6-16-14-17(24)7-11-19(16)29-20/h4-5,7-9,11,14,20-21H,6,10,12-13H2,1-3H3,(H,25,26)/t20?,21-/m0/s1. The van der Waals surface area contributed by atoms with Crippen LogP contribution in [0.15, 0.2) is 47.4 Å². The molecule has 2 atom stereocenters. The van der Waals surface area contributed by atoms with Gasteiger partial charge in [-0.3, -0.25) is 8.98 Å². The number of ether oxygens (including phenoxy) is 1. The smallest absolute Gasteiger partial charge is 0.309 e. The molecule has 0 spiro atoms. The Morgan fingerprint density at radius 3 is 2.58 bits per heavy atom. The molecule has 1 heterocycles. The van der Waals surface area contributed by atoms with E-state index in [0.29, 0.717) is 24.2 Å². The second-order valence-electron chi connectivity index (χ2n) is 8.58. The van der Waals surface area contributed by atoms with Crippen molar-refractivity contribution >= 4 is 16.1 Å². The molecule has 2 aromatic rings. The normalized spacial score (nSPS) is 17.5. The number of aliphatic carboxylic acids is 1. The fraction of sp³-hybridized carbons (Fsp3) is 0.435. The fourth-order valence-corrected chi connectivity index (χ4v) is 4.60.